The molecule has 3 heterocycles. The van der Waals surface area contributed by atoms with Crippen molar-refractivity contribution < 1.29 is 9.21 Å². The van der Waals surface area contributed by atoms with Gasteiger partial charge in [0.25, 0.3) is 0 Å². The highest BCUT2D eigenvalue weighted by Gasteiger charge is 2.26. The van der Waals surface area contributed by atoms with Gasteiger partial charge in [-0.05, 0) is 12.5 Å². The predicted octanol–water partition coefficient (Wildman–Crippen LogP) is 2.23. The summed E-state index contributed by atoms with van der Waals surface area (Å²) < 4.78 is 7.62. The Bertz CT molecular complexity index is 929. The van der Waals surface area contributed by atoms with Crippen LogP contribution < -0.4 is 4.90 Å². The second-order valence-electron chi connectivity index (χ2n) is 6.56. The van der Waals surface area contributed by atoms with E-state index in [-0.39, 0.29) is 5.91 Å². The molecule has 1 aliphatic rings. The van der Waals surface area contributed by atoms with Crippen molar-refractivity contribution in [1.82, 2.24) is 19.7 Å². The minimum Gasteiger partial charge on any atom is -0.439 e. The Hall–Kier alpha value is -2.93. The highest BCUT2D eigenvalue weighted by Crippen LogP contribution is 2.24. The quantitative estimate of drug-likeness (QED) is 0.721. The molecule has 7 nitrogen and oxygen atoms in total. The van der Waals surface area contributed by atoms with Crippen molar-refractivity contribution in [3.8, 4) is 11.3 Å². The summed E-state index contributed by atoms with van der Waals surface area (Å²) in [5, 5.41) is 4.14. The second-order valence-corrected chi connectivity index (χ2v) is 6.56. The van der Waals surface area contributed by atoms with E-state index in [1.807, 2.05) is 44.4 Å². The summed E-state index contributed by atoms with van der Waals surface area (Å²) in [7, 11) is 1.85. The molecule has 1 aromatic carbocycles. The van der Waals surface area contributed by atoms with E-state index >= 15 is 0 Å². The van der Waals surface area contributed by atoms with Crippen molar-refractivity contribution in [2.75, 3.05) is 24.5 Å². The fourth-order valence-electron chi connectivity index (χ4n) is 3.23. The Balaban J connectivity index is 1.42. The lowest BCUT2D eigenvalue weighted by atomic mass is 10.1. The molecular formula is C19H21N5O2. The fraction of sp³-hybridized carbons (Fsp3) is 0.316. The van der Waals surface area contributed by atoms with Crippen LogP contribution in [-0.4, -0.2) is 45.2 Å². The summed E-state index contributed by atoms with van der Waals surface area (Å²) >= 11 is 0. The number of aromatic nitrogens is 3. The molecule has 1 saturated heterocycles. The smallest absolute Gasteiger partial charge is 0.241 e. The molecule has 0 spiro atoms. The molecule has 3 aromatic rings. The molecule has 1 fully saturated rings. The summed E-state index contributed by atoms with van der Waals surface area (Å²) in [4.78, 5) is 20.7. The number of hydrogen-bond donors (Lipinski definition) is 0. The second kappa shape index (κ2) is 6.76. The normalized spacial score (nSPS) is 15.6. The Morgan fingerprint density at radius 1 is 1.19 bits per heavy atom. The van der Waals surface area contributed by atoms with Crippen LogP contribution in [0.25, 0.3) is 11.3 Å². The van der Waals surface area contributed by atoms with Crippen LogP contribution in [0.15, 0.2) is 47.3 Å². The number of carbonyl (C=O) groups excluding carboxylic acids is 1. The van der Waals surface area contributed by atoms with E-state index < -0.39 is 0 Å². The van der Waals surface area contributed by atoms with Crippen molar-refractivity contribution in [2.45, 2.75) is 13.5 Å². The van der Waals surface area contributed by atoms with E-state index in [4.69, 9.17) is 4.42 Å². The van der Waals surface area contributed by atoms with Crippen molar-refractivity contribution in [3.05, 3.63) is 54.3 Å². The van der Waals surface area contributed by atoms with Crippen LogP contribution in [0, 0.1) is 6.92 Å². The molecule has 0 atom stereocenters. The Kier molecular flexibility index (Phi) is 4.30. The minimum atomic E-state index is 0.0648. The standard InChI is InChI=1S/C19H21N5O2/c1-14-5-3-4-6-16(14)17-10-20-18(26-17)12-23-7-8-24(19(25)13-23)15-9-21-22(2)11-15/h3-6,9-11H,7-8,12-13H2,1-2H3. The van der Waals surface area contributed by atoms with E-state index in [1.54, 1.807) is 22.0 Å². The number of aryl methyl sites for hydroxylation is 2. The summed E-state index contributed by atoms with van der Waals surface area (Å²) in [5.41, 5.74) is 3.04. The van der Waals surface area contributed by atoms with Crippen LogP contribution in [-0.2, 0) is 18.4 Å². The molecular weight excluding hydrogens is 330 g/mol. The van der Waals surface area contributed by atoms with Gasteiger partial charge in [0.05, 0.1) is 31.2 Å². The summed E-state index contributed by atoms with van der Waals surface area (Å²) in [6.45, 7) is 4.32. The third-order valence-electron chi connectivity index (χ3n) is 4.63. The van der Waals surface area contributed by atoms with Crippen LogP contribution >= 0.6 is 0 Å². The third-order valence-corrected chi connectivity index (χ3v) is 4.63. The van der Waals surface area contributed by atoms with Gasteiger partial charge in [-0.3, -0.25) is 14.4 Å². The van der Waals surface area contributed by atoms with Gasteiger partial charge in [0.2, 0.25) is 11.8 Å². The van der Waals surface area contributed by atoms with Crippen molar-refractivity contribution in [1.29, 1.82) is 0 Å². The first-order valence-corrected chi connectivity index (χ1v) is 8.62. The molecule has 0 bridgehead atoms. The van der Waals surface area contributed by atoms with E-state index in [1.165, 1.54) is 0 Å². The zero-order valence-corrected chi connectivity index (χ0v) is 14.9. The molecule has 0 radical (unpaired) electrons. The van der Waals surface area contributed by atoms with Gasteiger partial charge in [-0.15, -0.1) is 0 Å². The van der Waals surface area contributed by atoms with Gasteiger partial charge in [0.1, 0.15) is 0 Å². The average molecular weight is 351 g/mol. The van der Waals surface area contributed by atoms with Crippen LogP contribution in [0.2, 0.25) is 0 Å². The van der Waals surface area contributed by atoms with Crippen molar-refractivity contribution in [2.24, 2.45) is 7.05 Å². The molecule has 26 heavy (non-hydrogen) atoms. The number of oxazole rings is 1. The first-order chi connectivity index (χ1) is 12.6. The first kappa shape index (κ1) is 16.5. The third kappa shape index (κ3) is 3.25. The maximum absolute atomic E-state index is 12.5. The number of amides is 1. The first-order valence-electron chi connectivity index (χ1n) is 8.62. The monoisotopic (exact) mass is 351 g/mol. The lowest BCUT2D eigenvalue weighted by Gasteiger charge is -2.32. The van der Waals surface area contributed by atoms with Gasteiger partial charge in [0, 0.05) is 31.9 Å². The molecule has 0 aliphatic carbocycles. The van der Waals surface area contributed by atoms with Crippen LogP contribution in [0.1, 0.15) is 11.5 Å². The molecule has 0 unspecified atom stereocenters. The number of nitrogens with zero attached hydrogens (tertiary/aromatic N) is 5. The van der Waals surface area contributed by atoms with Gasteiger partial charge < -0.3 is 9.32 Å². The molecule has 1 aliphatic heterocycles. The van der Waals surface area contributed by atoms with Crippen LogP contribution in [0.5, 0.6) is 0 Å². The van der Waals surface area contributed by atoms with Gasteiger partial charge in [-0.25, -0.2) is 4.98 Å². The Morgan fingerprint density at radius 3 is 2.77 bits per heavy atom. The van der Waals surface area contributed by atoms with E-state index in [0.717, 1.165) is 29.1 Å². The lowest BCUT2D eigenvalue weighted by Crippen LogP contribution is -2.50. The number of hydrogen-bond acceptors (Lipinski definition) is 5. The lowest BCUT2D eigenvalue weighted by molar-refractivity contribution is -0.121. The number of piperazine rings is 1. The number of anilines is 1. The molecule has 4 rings (SSSR count). The molecule has 1 amide bonds. The van der Waals surface area contributed by atoms with E-state index in [9.17, 15) is 4.79 Å². The maximum atomic E-state index is 12.5. The van der Waals surface area contributed by atoms with Crippen molar-refractivity contribution >= 4 is 11.6 Å². The van der Waals surface area contributed by atoms with Gasteiger partial charge in [-0.1, -0.05) is 24.3 Å². The fourth-order valence-corrected chi connectivity index (χ4v) is 3.23. The van der Waals surface area contributed by atoms with E-state index in [0.29, 0.717) is 25.5 Å². The average Bonchev–Trinajstić information content (AvgIpc) is 3.25. The SMILES string of the molecule is Cc1ccccc1-c1cnc(CN2CCN(c3cnn(C)c3)C(=O)C2)o1. The van der Waals surface area contributed by atoms with Crippen molar-refractivity contribution in [3.63, 3.8) is 0 Å². The van der Waals surface area contributed by atoms with Gasteiger partial charge in [0.15, 0.2) is 5.76 Å². The molecule has 0 N–H and O–H groups in total. The molecule has 2 aromatic heterocycles. The molecule has 7 heteroatoms. The van der Waals surface area contributed by atoms with Crippen LogP contribution in [0.4, 0.5) is 5.69 Å². The van der Waals surface area contributed by atoms with Crippen LogP contribution in [0.3, 0.4) is 0 Å². The summed E-state index contributed by atoms with van der Waals surface area (Å²) in [6, 6.07) is 8.06. The highest BCUT2D eigenvalue weighted by atomic mass is 16.4. The Morgan fingerprint density at radius 2 is 2.04 bits per heavy atom. The topological polar surface area (TPSA) is 67.4 Å². The van der Waals surface area contributed by atoms with E-state index in [2.05, 4.69) is 15.0 Å². The molecule has 0 saturated carbocycles. The van der Waals surface area contributed by atoms with Gasteiger partial charge in [-0.2, -0.15) is 5.10 Å². The Labute approximate surface area is 151 Å². The number of rotatable bonds is 4. The summed E-state index contributed by atoms with van der Waals surface area (Å²) in [5.74, 6) is 1.46. The minimum absolute atomic E-state index is 0.0648. The molecule has 134 valence electrons. The number of benzene rings is 1. The number of carbonyl (C=O) groups is 1. The zero-order valence-electron chi connectivity index (χ0n) is 14.9. The zero-order chi connectivity index (χ0) is 18.1. The highest BCUT2D eigenvalue weighted by molar-refractivity contribution is 5.95. The summed E-state index contributed by atoms with van der Waals surface area (Å²) in [6.07, 6.45) is 5.33. The largest absolute Gasteiger partial charge is 0.439 e. The van der Waals surface area contributed by atoms with Gasteiger partial charge >= 0.3 is 0 Å². The maximum Gasteiger partial charge on any atom is 0.241 e. The predicted molar refractivity (Wildman–Crippen MR) is 97.5 cm³/mol.